The van der Waals surface area contributed by atoms with Gasteiger partial charge < -0.3 is 20.1 Å². The second-order valence-corrected chi connectivity index (χ2v) is 6.56. The number of amides is 1. The third-order valence-electron chi connectivity index (χ3n) is 4.85. The first kappa shape index (κ1) is 15.3. The van der Waals surface area contributed by atoms with Gasteiger partial charge >= 0.3 is 0 Å². The minimum atomic E-state index is -0.280. The molecule has 2 heterocycles. The van der Waals surface area contributed by atoms with Gasteiger partial charge in [-0.2, -0.15) is 0 Å². The van der Waals surface area contributed by atoms with Gasteiger partial charge in [0.05, 0.1) is 12.1 Å². The maximum atomic E-state index is 12.2. The topological polar surface area (TPSA) is 61.8 Å². The fourth-order valence-corrected chi connectivity index (χ4v) is 3.42. The number of phenolic OH excluding ortho intramolecular Hbond substituents is 1. The molecule has 2 unspecified atom stereocenters. The van der Waals surface area contributed by atoms with Crippen LogP contribution in [-0.2, 0) is 16.1 Å². The minimum absolute atomic E-state index is 0.0364. The number of hydrogen-bond acceptors (Lipinski definition) is 4. The van der Waals surface area contributed by atoms with E-state index in [1.807, 2.05) is 17.0 Å². The highest BCUT2D eigenvalue weighted by atomic mass is 16.5. The van der Waals surface area contributed by atoms with Crippen LogP contribution in [0.1, 0.15) is 25.3 Å². The molecule has 120 valence electrons. The second-order valence-electron chi connectivity index (χ2n) is 6.56. The lowest BCUT2D eigenvalue weighted by molar-refractivity contribution is -0.172. The van der Waals surface area contributed by atoms with E-state index in [1.165, 1.54) is 0 Å². The van der Waals surface area contributed by atoms with Crippen molar-refractivity contribution in [2.24, 2.45) is 5.92 Å². The number of hydrogen-bond donors (Lipinski definition) is 2. The summed E-state index contributed by atoms with van der Waals surface area (Å²) in [6, 6.07) is 7.03. The van der Waals surface area contributed by atoms with Gasteiger partial charge in [0.1, 0.15) is 12.4 Å². The van der Waals surface area contributed by atoms with Crippen molar-refractivity contribution in [3.8, 4) is 5.75 Å². The van der Waals surface area contributed by atoms with Crippen LogP contribution in [0.3, 0.4) is 0 Å². The van der Waals surface area contributed by atoms with Crippen LogP contribution in [0, 0.1) is 5.92 Å². The van der Waals surface area contributed by atoms with Crippen LogP contribution in [-0.4, -0.2) is 47.8 Å². The Kier molecular flexibility index (Phi) is 4.36. The molecular formula is C17H24N2O3. The number of nitrogens with one attached hydrogen (secondary N) is 1. The van der Waals surface area contributed by atoms with Crippen LogP contribution in [0.5, 0.6) is 5.75 Å². The highest BCUT2D eigenvalue weighted by molar-refractivity contribution is 5.78. The number of piperidine rings is 1. The summed E-state index contributed by atoms with van der Waals surface area (Å²) >= 11 is 0. The lowest BCUT2D eigenvalue weighted by Crippen LogP contribution is -2.58. The van der Waals surface area contributed by atoms with Gasteiger partial charge in [-0.25, -0.2) is 0 Å². The Morgan fingerprint density at radius 3 is 2.86 bits per heavy atom. The van der Waals surface area contributed by atoms with Crippen LogP contribution < -0.4 is 5.32 Å². The molecule has 2 atom stereocenters. The van der Waals surface area contributed by atoms with Gasteiger partial charge in [-0.15, -0.1) is 0 Å². The Bertz CT molecular complexity index is 525. The molecule has 22 heavy (non-hydrogen) atoms. The smallest absolute Gasteiger partial charge is 0.248 e. The molecule has 2 aliphatic heterocycles. The molecule has 1 aromatic carbocycles. The predicted octanol–water partition coefficient (Wildman–Crippen LogP) is 1.51. The summed E-state index contributed by atoms with van der Waals surface area (Å²) in [6.45, 7) is 5.50. The lowest BCUT2D eigenvalue weighted by atomic mass is 9.82. The van der Waals surface area contributed by atoms with Gasteiger partial charge in [-0.3, -0.25) is 4.79 Å². The number of carbonyl (C=O) groups is 1. The molecule has 0 saturated carbocycles. The number of nitrogens with zero attached hydrogens (tertiary/aromatic N) is 1. The van der Waals surface area contributed by atoms with E-state index < -0.39 is 0 Å². The molecule has 1 amide bonds. The molecule has 0 aromatic heterocycles. The van der Waals surface area contributed by atoms with Crippen LogP contribution in [0.25, 0.3) is 0 Å². The molecule has 5 heteroatoms. The van der Waals surface area contributed by atoms with Gasteiger partial charge in [-0.1, -0.05) is 12.1 Å². The molecule has 3 rings (SSSR count). The Morgan fingerprint density at radius 1 is 1.41 bits per heavy atom. The van der Waals surface area contributed by atoms with Gasteiger partial charge in [0.15, 0.2) is 0 Å². The maximum Gasteiger partial charge on any atom is 0.248 e. The molecule has 2 N–H and O–H groups in total. The van der Waals surface area contributed by atoms with Crippen molar-refractivity contribution in [2.45, 2.75) is 31.9 Å². The third-order valence-corrected chi connectivity index (χ3v) is 4.85. The zero-order valence-corrected chi connectivity index (χ0v) is 13.0. The monoisotopic (exact) mass is 304 g/mol. The maximum absolute atomic E-state index is 12.2. The summed E-state index contributed by atoms with van der Waals surface area (Å²) in [7, 11) is 0. The van der Waals surface area contributed by atoms with E-state index in [1.54, 1.807) is 12.1 Å². The van der Waals surface area contributed by atoms with Crippen molar-refractivity contribution in [1.29, 1.82) is 0 Å². The third kappa shape index (κ3) is 3.25. The van der Waals surface area contributed by atoms with Crippen LogP contribution in [0.15, 0.2) is 24.3 Å². The van der Waals surface area contributed by atoms with E-state index in [-0.39, 0.29) is 23.9 Å². The fraction of sp³-hybridized carbons (Fsp3) is 0.588. The Morgan fingerprint density at radius 2 is 2.18 bits per heavy atom. The first-order chi connectivity index (χ1) is 10.6. The molecule has 0 bridgehead atoms. The van der Waals surface area contributed by atoms with Crippen LogP contribution >= 0.6 is 0 Å². The quantitative estimate of drug-likeness (QED) is 0.888. The number of aromatic hydroxyl groups is 1. The number of phenols is 1. The summed E-state index contributed by atoms with van der Waals surface area (Å²) in [5, 5.41) is 12.8. The van der Waals surface area contributed by atoms with Gasteiger partial charge in [0.25, 0.3) is 0 Å². The standard InChI is InChI=1S/C17H24N2O3/c1-17(14-3-2-8-18-9-14)12-19(16(21)11-22-17)10-13-4-6-15(20)7-5-13/h4-7,14,18,20H,2-3,8-12H2,1H3. The zero-order valence-electron chi connectivity index (χ0n) is 13.0. The summed E-state index contributed by atoms with van der Waals surface area (Å²) in [5.74, 6) is 0.723. The highest BCUT2D eigenvalue weighted by Gasteiger charge is 2.42. The number of morpholine rings is 1. The van der Waals surface area contributed by atoms with E-state index in [0.717, 1.165) is 31.5 Å². The van der Waals surface area contributed by atoms with Gasteiger partial charge in [-0.05, 0) is 44.0 Å². The van der Waals surface area contributed by atoms with Crippen molar-refractivity contribution in [3.63, 3.8) is 0 Å². The predicted molar refractivity (Wildman–Crippen MR) is 83.5 cm³/mol. The molecule has 2 fully saturated rings. The molecule has 2 aliphatic rings. The van der Waals surface area contributed by atoms with Crippen LogP contribution in [0.2, 0.25) is 0 Å². The van der Waals surface area contributed by atoms with Crippen molar-refractivity contribution in [2.75, 3.05) is 26.2 Å². The molecule has 0 radical (unpaired) electrons. The average Bonchev–Trinajstić information content (AvgIpc) is 2.54. The van der Waals surface area contributed by atoms with E-state index in [2.05, 4.69) is 12.2 Å². The second kappa shape index (κ2) is 6.26. The number of benzene rings is 1. The fourth-order valence-electron chi connectivity index (χ4n) is 3.42. The van der Waals surface area contributed by atoms with E-state index in [9.17, 15) is 9.90 Å². The number of rotatable bonds is 3. The van der Waals surface area contributed by atoms with Crippen molar-refractivity contribution in [3.05, 3.63) is 29.8 Å². The molecule has 5 nitrogen and oxygen atoms in total. The normalized spacial score (nSPS) is 29.6. The Balaban J connectivity index is 1.70. The Labute approximate surface area is 131 Å². The number of ether oxygens (including phenoxy) is 1. The van der Waals surface area contributed by atoms with Gasteiger partial charge in [0.2, 0.25) is 5.91 Å². The zero-order chi connectivity index (χ0) is 15.6. The van der Waals surface area contributed by atoms with Crippen LogP contribution in [0.4, 0.5) is 0 Å². The number of carbonyl (C=O) groups excluding carboxylic acids is 1. The molecular weight excluding hydrogens is 280 g/mol. The van der Waals surface area contributed by atoms with E-state index in [0.29, 0.717) is 19.0 Å². The van der Waals surface area contributed by atoms with E-state index in [4.69, 9.17) is 4.74 Å². The average molecular weight is 304 g/mol. The largest absolute Gasteiger partial charge is 0.508 e. The van der Waals surface area contributed by atoms with E-state index >= 15 is 0 Å². The van der Waals surface area contributed by atoms with Crippen molar-refractivity contribution in [1.82, 2.24) is 10.2 Å². The highest BCUT2D eigenvalue weighted by Crippen LogP contribution is 2.31. The van der Waals surface area contributed by atoms with Crippen molar-refractivity contribution < 1.29 is 14.6 Å². The first-order valence-corrected chi connectivity index (χ1v) is 7.97. The summed E-state index contributed by atoms with van der Waals surface area (Å²) in [4.78, 5) is 14.1. The molecule has 1 aromatic rings. The lowest BCUT2D eigenvalue weighted by Gasteiger charge is -2.46. The SMILES string of the molecule is CC1(C2CCCNC2)CN(Cc2ccc(O)cc2)C(=O)CO1. The molecule has 0 spiro atoms. The van der Waals surface area contributed by atoms with Crippen molar-refractivity contribution >= 4 is 5.91 Å². The van der Waals surface area contributed by atoms with Gasteiger partial charge in [0, 0.05) is 19.0 Å². The molecule has 0 aliphatic carbocycles. The minimum Gasteiger partial charge on any atom is -0.508 e. The summed E-state index contributed by atoms with van der Waals surface area (Å²) in [6.07, 6.45) is 2.31. The summed E-state index contributed by atoms with van der Waals surface area (Å²) in [5.41, 5.74) is 0.746. The first-order valence-electron chi connectivity index (χ1n) is 7.97. The molecule has 2 saturated heterocycles. The summed E-state index contributed by atoms with van der Waals surface area (Å²) < 4.78 is 5.93. The Hall–Kier alpha value is -1.59.